The molecular weight excluding hydrogens is 334 g/mol. The lowest BCUT2D eigenvalue weighted by molar-refractivity contribution is -0.910. The Balaban J connectivity index is 1.61. The first kappa shape index (κ1) is 18.5. The Morgan fingerprint density at radius 3 is 2.65 bits per heavy atom. The molecule has 0 saturated carbocycles. The maximum absolute atomic E-state index is 12.3. The molecule has 2 aliphatic heterocycles. The molecule has 7 nitrogen and oxygen atoms in total. The van der Waals surface area contributed by atoms with Crippen LogP contribution < -0.4 is 25.0 Å². The topological polar surface area (TPSA) is 81.1 Å². The molecule has 2 aliphatic rings. The van der Waals surface area contributed by atoms with Gasteiger partial charge in [-0.3, -0.25) is 10.1 Å². The Labute approximate surface area is 154 Å². The molecule has 3 amide bonds. The number of imide groups is 1. The molecule has 3 N–H and O–H groups in total. The second-order valence-corrected chi connectivity index (χ2v) is 7.94. The highest BCUT2D eigenvalue weighted by molar-refractivity contribution is 5.95. The molecule has 0 spiro atoms. The minimum absolute atomic E-state index is 0.224. The lowest BCUT2D eigenvalue weighted by Crippen LogP contribution is -3.11. The number of urea groups is 1. The van der Waals surface area contributed by atoms with Crippen LogP contribution in [0.5, 0.6) is 11.5 Å². The fourth-order valence-electron chi connectivity index (χ4n) is 3.55. The number of benzene rings is 1. The van der Waals surface area contributed by atoms with Gasteiger partial charge in [0, 0.05) is 23.9 Å². The summed E-state index contributed by atoms with van der Waals surface area (Å²) in [6, 6.07) is 5.79. The number of amides is 3. The van der Waals surface area contributed by atoms with Crippen LogP contribution in [-0.4, -0.2) is 43.8 Å². The summed E-state index contributed by atoms with van der Waals surface area (Å²) in [5.41, 5.74) is 0.771. The van der Waals surface area contributed by atoms with Crippen molar-refractivity contribution in [3.05, 3.63) is 23.8 Å². The summed E-state index contributed by atoms with van der Waals surface area (Å²) in [5, 5.41) is 5.17. The number of nitrogens with one attached hydrogen (secondary N) is 3. The van der Waals surface area contributed by atoms with Gasteiger partial charge < -0.3 is 19.7 Å². The highest BCUT2D eigenvalue weighted by Crippen LogP contribution is 2.33. The summed E-state index contributed by atoms with van der Waals surface area (Å²) in [7, 11) is 0. The SMILES string of the molecule is CC(C)(C)NC(=O)NC(=O)C[NH+]1CCC[C@H]1c1ccc2c(c1)OCCO2. The number of hydrogen-bond acceptors (Lipinski definition) is 4. The van der Waals surface area contributed by atoms with E-state index in [1.807, 2.05) is 39.0 Å². The summed E-state index contributed by atoms with van der Waals surface area (Å²) < 4.78 is 11.2. The van der Waals surface area contributed by atoms with Crippen LogP contribution in [0, 0.1) is 0 Å². The van der Waals surface area contributed by atoms with E-state index in [1.165, 1.54) is 4.90 Å². The number of quaternary nitrogens is 1. The number of carbonyl (C=O) groups excluding carboxylic acids is 2. The predicted octanol–water partition coefficient (Wildman–Crippen LogP) is 0.802. The molecule has 7 heteroatoms. The van der Waals surface area contributed by atoms with Crippen molar-refractivity contribution in [3.8, 4) is 11.5 Å². The van der Waals surface area contributed by atoms with Gasteiger partial charge in [-0.2, -0.15) is 0 Å². The fraction of sp³-hybridized carbons (Fsp3) is 0.579. The van der Waals surface area contributed by atoms with E-state index >= 15 is 0 Å². The Hall–Kier alpha value is -2.28. The van der Waals surface area contributed by atoms with E-state index in [2.05, 4.69) is 10.6 Å². The lowest BCUT2D eigenvalue weighted by atomic mass is 10.0. The predicted molar refractivity (Wildman–Crippen MR) is 96.5 cm³/mol. The number of likely N-dealkylation sites (tertiary alicyclic amines) is 1. The molecule has 0 bridgehead atoms. The molecule has 1 unspecified atom stereocenters. The first-order valence-electron chi connectivity index (χ1n) is 9.18. The van der Waals surface area contributed by atoms with Gasteiger partial charge in [0.05, 0.1) is 6.54 Å². The van der Waals surface area contributed by atoms with E-state index in [4.69, 9.17) is 9.47 Å². The highest BCUT2D eigenvalue weighted by atomic mass is 16.6. The van der Waals surface area contributed by atoms with Crippen LogP contribution in [0.25, 0.3) is 0 Å². The van der Waals surface area contributed by atoms with Gasteiger partial charge in [-0.05, 0) is 39.0 Å². The minimum Gasteiger partial charge on any atom is -0.486 e. The van der Waals surface area contributed by atoms with Gasteiger partial charge in [0.2, 0.25) is 0 Å². The van der Waals surface area contributed by atoms with Gasteiger partial charge in [0.15, 0.2) is 18.0 Å². The summed E-state index contributed by atoms with van der Waals surface area (Å²) in [6.45, 7) is 7.94. The van der Waals surface area contributed by atoms with E-state index in [0.29, 0.717) is 13.2 Å². The first-order chi connectivity index (χ1) is 12.3. The fourth-order valence-corrected chi connectivity index (χ4v) is 3.55. The third-order valence-corrected chi connectivity index (χ3v) is 4.58. The van der Waals surface area contributed by atoms with Crippen molar-refractivity contribution in [2.24, 2.45) is 0 Å². The van der Waals surface area contributed by atoms with Crippen LogP contribution in [0.2, 0.25) is 0 Å². The van der Waals surface area contributed by atoms with Crippen LogP contribution >= 0.6 is 0 Å². The van der Waals surface area contributed by atoms with Gasteiger partial charge in [-0.25, -0.2) is 4.79 Å². The lowest BCUT2D eigenvalue weighted by Gasteiger charge is -2.24. The number of hydrogen-bond donors (Lipinski definition) is 3. The third-order valence-electron chi connectivity index (χ3n) is 4.58. The van der Waals surface area contributed by atoms with Gasteiger partial charge >= 0.3 is 6.03 Å². The molecule has 26 heavy (non-hydrogen) atoms. The van der Waals surface area contributed by atoms with E-state index in [-0.39, 0.29) is 24.0 Å². The molecule has 1 aromatic rings. The highest BCUT2D eigenvalue weighted by Gasteiger charge is 2.33. The summed E-state index contributed by atoms with van der Waals surface area (Å²) in [4.78, 5) is 25.3. The average molecular weight is 362 g/mol. The molecule has 142 valence electrons. The monoisotopic (exact) mass is 362 g/mol. The van der Waals surface area contributed by atoms with Crippen molar-refractivity contribution >= 4 is 11.9 Å². The summed E-state index contributed by atoms with van der Waals surface area (Å²) >= 11 is 0. The molecule has 0 aromatic heterocycles. The van der Waals surface area contributed by atoms with E-state index < -0.39 is 6.03 Å². The van der Waals surface area contributed by atoms with Crippen LogP contribution in [-0.2, 0) is 4.79 Å². The average Bonchev–Trinajstić information content (AvgIpc) is 3.00. The standard InChI is InChI=1S/C19H27N3O4/c1-19(2,3)21-18(24)20-17(23)12-22-8-4-5-14(22)13-6-7-15-16(11-13)26-10-9-25-15/h6-7,11,14H,4-5,8-10,12H2,1-3H3,(H2,20,21,23,24)/p+1/t14-/m0/s1. The molecule has 3 rings (SSSR count). The van der Waals surface area contributed by atoms with E-state index in [1.54, 1.807) is 0 Å². The Kier molecular flexibility index (Phi) is 5.36. The largest absolute Gasteiger partial charge is 0.486 e. The maximum Gasteiger partial charge on any atom is 0.322 e. The Morgan fingerprint density at radius 1 is 1.19 bits per heavy atom. The first-order valence-corrected chi connectivity index (χ1v) is 9.18. The van der Waals surface area contributed by atoms with Crippen LogP contribution in [0.3, 0.4) is 0 Å². The van der Waals surface area contributed by atoms with Crippen molar-refractivity contribution in [1.82, 2.24) is 10.6 Å². The quantitative estimate of drug-likeness (QED) is 0.743. The van der Waals surface area contributed by atoms with E-state index in [9.17, 15) is 9.59 Å². The van der Waals surface area contributed by atoms with Crippen molar-refractivity contribution in [3.63, 3.8) is 0 Å². The molecule has 1 aromatic carbocycles. The Morgan fingerprint density at radius 2 is 1.92 bits per heavy atom. The summed E-state index contributed by atoms with van der Waals surface area (Å²) in [6.07, 6.45) is 2.06. The molecule has 1 saturated heterocycles. The second-order valence-electron chi connectivity index (χ2n) is 7.94. The summed E-state index contributed by atoms with van der Waals surface area (Å²) in [5.74, 6) is 1.29. The minimum atomic E-state index is -0.447. The Bertz CT molecular complexity index is 684. The van der Waals surface area contributed by atoms with E-state index in [0.717, 1.165) is 36.4 Å². The molecule has 2 atom stereocenters. The number of ether oxygens (including phenoxy) is 2. The zero-order valence-corrected chi connectivity index (χ0v) is 15.7. The normalized spacial score (nSPS) is 22.0. The molecular formula is C19H28N3O4+. The number of carbonyl (C=O) groups is 2. The number of fused-ring (bicyclic) bond motifs is 1. The van der Waals surface area contributed by atoms with Gasteiger partial charge in [0.1, 0.15) is 19.3 Å². The number of rotatable bonds is 3. The van der Waals surface area contributed by atoms with Crippen LogP contribution in [0.1, 0.15) is 45.2 Å². The zero-order valence-electron chi connectivity index (χ0n) is 15.7. The zero-order chi connectivity index (χ0) is 18.7. The third kappa shape index (κ3) is 4.66. The van der Waals surface area contributed by atoms with Gasteiger partial charge in [-0.15, -0.1) is 0 Å². The van der Waals surface area contributed by atoms with Crippen molar-refractivity contribution in [2.45, 2.75) is 45.2 Å². The van der Waals surface area contributed by atoms with Crippen LogP contribution in [0.15, 0.2) is 18.2 Å². The van der Waals surface area contributed by atoms with Gasteiger partial charge in [0.25, 0.3) is 5.91 Å². The molecule has 2 heterocycles. The maximum atomic E-state index is 12.3. The molecule has 0 aliphatic carbocycles. The second kappa shape index (κ2) is 7.53. The van der Waals surface area contributed by atoms with Crippen molar-refractivity contribution in [1.29, 1.82) is 0 Å². The van der Waals surface area contributed by atoms with Crippen molar-refractivity contribution in [2.75, 3.05) is 26.3 Å². The van der Waals surface area contributed by atoms with Crippen molar-refractivity contribution < 1.29 is 24.0 Å². The van der Waals surface area contributed by atoms with Crippen LogP contribution in [0.4, 0.5) is 4.79 Å². The van der Waals surface area contributed by atoms with Gasteiger partial charge in [-0.1, -0.05) is 0 Å². The molecule has 0 radical (unpaired) electrons. The molecule has 1 fully saturated rings. The smallest absolute Gasteiger partial charge is 0.322 e.